The zero-order chi connectivity index (χ0) is 12.3. The number of urea groups is 1. The molecule has 1 aliphatic rings. The third-order valence-electron chi connectivity index (χ3n) is 3.11. The van der Waals surface area contributed by atoms with E-state index in [0.29, 0.717) is 0 Å². The number of fused-ring (bicyclic) bond motifs is 1. The van der Waals surface area contributed by atoms with Crippen LogP contribution in [0.15, 0.2) is 0 Å². The molecule has 5 heteroatoms. The lowest BCUT2D eigenvalue weighted by Crippen LogP contribution is -2.34. The lowest BCUT2D eigenvalue weighted by Gasteiger charge is -2.17. The maximum atomic E-state index is 11.9. The number of hydrogen-bond acceptors (Lipinski definition) is 3. The molecule has 2 rings (SSSR count). The predicted molar refractivity (Wildman–Crippen MR) is 70.7 cm³/mol. The highest BCUT2D eigenvalue weighted by Gasteiger charge is 2.17. The molecule has 94 valence electrons. The maximum absolute atomic E-state index is 11.9. The van der Waals surface area contributed by atoms with Crippen LogP contribution in [0.5, 0.6) is 0 Å². The summed E-state index contributed by atoms with van der Waals surface area (Å²) < 4.78 is 0. The van der Waals surface area contributed by atoms with Crippen LogP contribution in [0.3, 0.4) is 0 Å². The van der Waals surface area contributed by atoms with Gasteiger partial charge in [0.05, 0.1) is 5.69 Å². The molecule has 1 aromatic heterocycles. The van der Waals surface area contributed by atoms with Gasteiger partial charge in [-0.2, -0.15) is 0 Å². The fraction of sp³-hybridized carbons (Fsp3) is 0.667. The molecule has 0 saturated heterocycles. The van der Waals surface area contributed by atoms with E-state index in [9.17, 15) is 4.79 Å². The second kappa shape index (κ2) is 5.49. The topological polar surface area (TPSA) is 45.2 Å². The van der Waals surface area contributed by atoms with Gasteiger partial charge in [-0.05, 0) is 39.5 Å². The Labute approximate surface area is 106 Å². The van der Waals surface area contributed by atoms with E-state index in [-0.39, 0.29) is 6.03 Å². The molecule has 4 nitrogen and oxygen atoms in total. The van der Waals surface area contributed by atoms with Crippen LogP contribution in [0, 0.1) is 0 Å². The number of rotatable bonds is 3. The van der Waals surface area contributed by atoms with E-state index in [4.69, 9.17) is 0 Å². The molecule has 0 bridgehead atoms. The van der Waals surface area contributed by atoms with E-state index < -0.39 is 0 Å². The van der Waals surface area contributed by atoms with Gasteiger partial charge in [0.15, 0.2) is 5.13 Å². The van der Waals surface area contributed by atoms with Gasteiger partial charge in [-0.15, -0.1) is 11.3 Å². The van der Waals surface area contributed by atoms with Crippen molar-refractivity contribution < 1.29 is 4.79 Å². The molecule has 0 fully saturated rings. The molecule has 0 unspecified atom stereocenters. The molecular weight excluding hydrogens is 234 g/mol. The Bertz CT molecular complexity index is 375. The SMILES string of the molecule is CCN(CC)C(=O)Nc1nc2c(s1)CCCC2. The van der Waals surface area contributed by atoms with Gasteiger partial charge in [-0.3, -0.25) is 5.32 Å². The van der Waals surface area contributed by atoms with Gasteiger partial charge >= 0.3 is 6.03 Å². The first-order valence-electron chi connectivity index (χ1n) is 6.29. The van der Waals surface area contributed by atoms with Gasteiger partial charge in [-0.25, -0.2) is 9.78 Å². The number of aromatic nitrogens is 1. The molecular formula is C12H19N3OS. The van der Waals surface area contributed by atoms with Crippen molar-refractivity contribution >= 4 is 22.5 Å². The first-order chi connectivity index (χ1) is 8.24. The second-order valence-electron chi connectivity index (χ2n) is 4.20. The van der Waals surface area contributed by atoms with Crippen molar-refractivity contribution in [1.82, 2.24) is 9.88 Å². The summed E-state index contributed by atoms with van der Waals surface area (Å²) in [4.78, 5) is 19.5. The van der Waals surface area contributed by atoms with Crippen LogP contribution in [0.1, 0.15) is 37.3 Å². The molecule has 1 aliphatic carbocycles. The molecule has 0 radical (unpaired) electrons. The fourth-order valence-corrected chi connectivity index (χ4v) is 3.13. The summed E-state index contributed by atoms with van der Waals surface area (Å²) in [7, 11) is 0. The van der Waals surface area contributed by atoms with Gasteiger partial charge in [0.1, 0.15) is 0 Å². The van der Waals surface area contributed by atoms with Crippen molar-refractivity contribution in [3.05, 3.63) is 10.6 Å². The number of nitrogens with zero attached hydrogens (tertiary/aromatic N) is 2. The monoisotopic (exact) mass is 253 g/mol. The summed E-state index contributed by atoms with van der Waals surface area (Å²) in [5, 5.41) is 3.65. The number of thiazole rings is 1. The molecule has 0 aromatic carbocycles. The van der Waals surface area contributed by atoms with Crippen molar-refractivity contribution in [3.63, 3.8) is 0 Å². The molecule has 2 amide bonds. The Morgan fingerprint density at radius 3 is 2.71 bits per heavy atom. The van der Waals surface area contributed by atoms with Crippen LogP contribution in [-0.4, -0.2) is 29.0 Å². The van der Waals surface area contributed by atoms with Crippen molar-refractivity contribution in [1.29, 1.82) is 0 Å². The third kappa shape index (κ3) is 2.77. The first kappa shape index (κ1) is 12.4. The number of aryl methyl sites for hydroxylation is 2. The van der Waals surface area contributed by atoms with Crippen LogP contribution in [-0.2, 0) is 12.8 Å². The summed E-state index contributed by atoms with van der Waals surface area (Å²) >= 11 is 1.63. The van der Waals surface area contributed by atoms with Crippen molar-refractivity contribution in [2.75, 3.05) is 18.4 Å². The summed E-state index contributed by atoms with van der Waals surface area (Å²) in [6.07, 6.45) is 4.65. The standard InChI is InChI=1S/C12H19N3OS/c1-3-15(4-2)12(16)14-11-13-9-7-5-6-8-10(9)17-11/h3-8H2,1-2H3,(H,13,14,16). The highest BCUT2D eigenvalue weighted by molar-refractivity contribution is 7.15. The Hall–Kier alpha value is -1.10. The van der Waals surface area contributed by atoms with Crippen LogP contribution >= 0.6 is 11.3 Å². The molecule has 1 heterocycles. The van der Waals surface area contributed by atoms with E-state index >= 15 is 0 Å². The lowest BCUT2D eigenvalue weighted by atomic mass is 10.0. The summed E-state index contributed by atoms with van der Waals surface area (Å²) in [5.41, 5.74) is 1.19. The summed E-state index contributed by atoms with van der Waals surface area (Å²) in [6, 6.07) is -0.0407. The Morgan fingerprint density at radius 1 is 1.35 bits per heavy atom. The van der Waals surface area contributed by atoms with Crippen LogP contribution in [0.4, 0.5) is 9.93 Å². The van der Waals surface area contributed by atoms with E-state index in [0.717, 1.165) is 31.1 Å². The predicted octanol–water partition coefficient (Wildman–Crippen LogP) is 2.90. The van der Waals surface area contributed by atoms with Crippen LogP contribution in [0.25, 0.3) is 0 Å². The fourth-order valence-electron chi connectivity index (χ4n) is 2.09. The second-order valence-corrected chi connectivity index (χ2v) is 5.28. The van der Waals surface area contributed by atoms with Crippen LogP contribution < -0.4 is 5.32 Å². The van der Waals surface area contributed by atoms with Gasteiger partial charge in [0.2, 0.25) is 0 Å². The molecule has 17 heavy (non-hydrogen) atoms. The number of carbonyl (C=O) groups is 1. The average Bonchev–Trinajstić information content (AvgIpc) is 2.72. The van der Waals surface area contributed by atoms with Crippen LogP contribution in [0.2, 0.25) is 0 Å². The van der Waals surface area contributed by atoms with E-state index in [1.54, 1.807) is 16.2 Å². The first-order valence-corrected chi connectivity index (χ1v) is 7.10. The number of nitrogens with one attached hydrogen (secondary N) is 1. The van der Waals surface area contributed by atoms with E-state index in [1.165, 1.54) is 23.4 Å². The maximum Gasteiger partial charge on any atom is 0.323 e. The zero-order valence-electron chi connectivity index (χ0n) is 10.5. The number of carbonyl (C=O) groups excluding carboxylic acids is 1. The van der Waals surface area contributed by atoms with Gasteiger partial charge in [0, 0.05) is 18.0 Å². The quantitative estimate of drug-likeness (QED) is 0.900. The van der Waals surface area contributed by atoms with Crippen molar-refractivity contribution in [2.24, 2.45) is 0 Å². The Morgan fingerprint density at radius 2 is 2.06 bits per heavy atom. The number of anilines is 1. The molecule has 0 aliphatic heterocycles. The lowest BCUT2D eigenvalue weighted by molar-refractivity contribution is 0.217. The number of hydrogen-bond donors (Lipinski definition) is 1. The van der Waals surface area contributed by atoms with Crippen molar-refractivity contribution in [2.45, 2.75) is 39.5 Å². The summed E-state index contributed by atoms with van der Waals surface area (Å²) in [5.74, 6) is 0. The normalized spacial score (nSPS) is 14.2. The Balaban J connectivity index is 2.03. The van der Waals surface area contributed by atoms with Gasteiger partial charge in [-0.1, -0.05) is 0 Å². The highest BCUT2D eigenvalue weighted by Crippen LogP contribution is 2.29. The van der Waals surface area contributed by atoms with E-state index in [2.05, 4.69) is 10.3 Å². The van der Waals surface area contributed by atoms with E-state index in [1.807, 2.05) is 13.8 Å². The van der Waals surface area contributed by atoms with Crippen molar-refractivity contribution in [3.8, 4) is 0 Å². The highest BCUT2D eigenvalue weighted by atomic mass is 32.1. The zero-order valence-corrected chi connectivity index (χ0v) is 11.3. The third-order valence-corrected chi connectivity index (χ3v) is 4.18. The molecule has 0 saturated carbocycles. The average molecular weight is 253 g/mol. The Kier molecular flexibility index (Phi) is 3.99. The number of amides is 2. The smallest absolute Gasteiger partial charge is 0.323 e. The van der Waals surface area contributed by atoms with Gasteiger partial charge in [0.25, 0.3) is 0 Å². The molecule has 1 N–H and O–H groups in total. The van der Waals surface area contributed by atoms with Gasteiger partial charge < -0.3 is 4.90 Å². The minimum absolute atomic E-state index is 0.0407. The molecule has 0 atom stereocenters. The summed E-state index contributed by atoms with van der Waals surface area (Å²) in [6.45, 7) is 5.42. The minimum atomic E-state index is -0.0407. The molecule has 0 spiro atoms. The molecule has 1 aromatic rings. The minimum Gasteiger partial charge on any atom is -0.325 e. The largest absolute Gasteiger partial charge is 0.325 e.